The highest BCUT2D eigenvalue weighted by molar-refractivity contribution is 5.81. The lowest BCUT2D eigenvalue weighted by Crippen LogP contribution is -2.14. The number of nitrogens with one attached hydrogen (secondary N) is 1. The Morgan fingerprint density at radius 3 is 2.58 bits per heavy atom. The van der Waals surface area contributed by atoms with Gasteiger partial charge in [0.1, 0.15) is 5.75 Å². The van der Waals surface area contributed by atoms with Crippen LogP contribution in [0.1, 0.15) is 19.4 Å². The molecule has 0 atom stereocenters. The third kappa shape index (κ3) is 6.21. The lowest BCUT2D eigenvalue weighted by molar-refractivity contribution is -0.145. The smallest absolute Gasteiger partial charge is 0.344 e. The molecule has 0 aliphatic rings. The SMILES string of the molecule is CCOC(=O)COc1ccc(/C=N\NC(C)=O)cc1. The van der Waals surface area contributed by atoms with Crippen molar-refractivity contribution in [2.75, 3.05) is 13.2 Å². The predicted octanol–water partition coefficient (Wildman–Crippen LogP) is 1.10. The Labute approximate surface area is 111 Å². The van der Waals surface area contributed by atoms with E-state index in [2.05, 4.69) is 10.5 Å². The molecule has 0 fully saturated rings. The van der Waals surface area contributed by atoms with Gasteiger partial charge in [-0.05, 0) is 36.8 Å². The fraction of sp³-hybridized carbons (Fsp3) is 0.308. The molecule has 0 bridgehead atoms. The van der Waals surface area contributed by atoms with Gasteiger partial charge < -0.3 is 9.47 Å². The zero-order valence-electron chi connectivity index (χ0n) is 10.9. The molecule has 0 saturated heterocycles. The average Bonchev–Trinajstić information content (AvgIpc) is 2.38. The van der Waals surface area contributed by atoms with Crippen LogP contribution in [0, 0.1) is 0 Å². The zero-order valence-corrected chi connectivity index (χ0v) is 10.9. The highest BCUT2D eigenvalue weighted by atomic mass is 16.6. The van der Waals surface area contributed by atoms with Crippen molar-refractivity contribution in [3.05, 3.63) is 29.8 Å². The number of esters is 1. The van der Waals surface area contributed by atoms with E-state index in [-0.39, 0.29) is 12.5 Å². The first kappa shape index (κ1) is 14.7. The summed E-state index contributed by atoms with van der Waals surface area (Å²) in [5.74, 6) is -0.0748. The van der Waals surface area contributed by atoms with Crippen LogP contribution in [0.15, 0.2) is 29.4 Å². The summed E-state index contributed by atoms with van der Waals surface area (Å²) in [4.78, 5) is 21.7. The summed E-state index contributed by atoms with van der Waals surface area (Å²) in [6.45, 7) is 3.33. The van der Waals surface area contributed by atoms with Gasteiger partial charge in [0.2, 0.25) is 5.91 Å². The van der Waals surface area contributed by atoms with E-state index in [0.29, 0.717) is 12.4 Å². The van der Waals surface area contributed by atoms with E-state index in [1.54, 1.807) is 31.2 Å². The first-order chi connectivity index (χ1) is 9.11. The summed E-state index contributed by atoms with van der Waals surface area (Å²) >= 11 is 0. The third-order valence-corrected chi connectivity index (χ3v) is 1.98. The van der Waals surface area contributed by atoms with Gasteiger partial charge in [0.05, 0.1) is 12.8 Å². The van der Waals surface area contributed by atoms with Gasteiger partial charge in [-0.2, -0.15) is 5.10 Å². The topological polar surface area (TPSA) is 77.0 Å². The van der Waals surface area contributed by atoms with Crippen LogP contribution >= 0.6 is 0 Å². The molecule has 0 aliphatic carbocycles. The van der Waals surface area contributed by atoms with Crippen molar-refractivity contribution < 1.29 is 19.1 Å². The van der Waals surface area contributed by atoms with Crippen molar-refractivity contribution in [2.45, 2.75) is 13.8 Å². The fourth-order valence-electron chi connectivity index (χ4n) is 1.19. The maximum atomic E-state index is 11.1. The molecule has 0 radical (unpaired) electrons. The molecule has 1 amide bonds. The highest BCUT2D eigenvalue weighted by Gasteiger charge is 2.02. The van der Waals surface area contributed by atoms with E-state index in [1.807, 2.05) is 0 Å². The summed E-state index contributed by atoms with van der Waals surface area (Å²) < 4.78 is 9.97. The van der Waals surface area contributed by atoms with Gasteiger partial charge in [-0.3, -0.25) is 4.79 Å². The van der Waals surface area contributed by atoms with Crippen molar-refractivity contribution in [3.63, 3.8) is 0 Å². The first-order valence-corrected chi connectivity index (χ1v) is 5.80. The summed E-state index contributed by atoms with van der Waals surface area (Å²) in [5.41, 5.74) is 3.10. The molecule has 0 saturated carbocycles. The van der Waals surface area contributed by atoms with E-state index < -0.39 is 5.97 Å². The number of ether oxygens (including phenoxy) is 2. The molecule has 0 heterocycles. The Morgan fingerprint density at radius 1 is 1.32 bits per heavy atom. The molecule has 0 spiro atoms. The lowest BCUT2D eigenvalue weighted by atomic mass is 10.2. The van der Waals surface area contributed by atoms with Crippen molar-refractivity contribution >= 4 is 18.1 Å². The summed E-state index contributed by atoms with van der Waals surface area (Å²) in [6.07, 6.45) is 1.51. The fourth-order valence-corrected chi connectivity index (χ4v) is 1.19. The van der Waals surface area contributed by atoms with E-state index in [0.717, 1.165) is 5.56 Å². The molecule has 1 aromatic rings. The number of hydrogen-bond donors (Lipinski definition) is 1. The number of benzene rings is 1. The van der Waals surface area contributed by atoms with Gasteiger partial charge in [0, 0.05) is 6.92 Å². The highest BCUT2D eigenvalue weighted by Crippen LogP contribution is 2.10. The molecule has 1 rings (SSSR count). The Balaban J connectivity index is 2.45. The third-order valence-electron chi connectivity index (χ3n) is 1.98. The lowest BCUT2D eigenvalue weighted by Gasteiger charge is -2.05. The van der Waals surface area contributed by atoms with Crippen LogP contribution in [0.5, 0.6) is 5.75 Å². The Hall–Kier alpha value is -2.37. The van der Waals surface area contributed by atoms with Crippen molar-refractivity contribution in [1.82, 2.24) is 5.43 Å². The van der Waals surface area contributed by atoms with Gasteiger partial charge in [-0.25, -0.2) is 10.2 Å². The van der Waals surface area contributed by atoms with Crippen LogP contribution in [0.3, 0.4) is 0 Å². The molecule has 0 aliphatic heterocycles. The van der Waals surface area contributed by atoms with Crippen LogP contribution in [0.2, 0.25) is 0 Å². The normalized spacial score (nSPS) is 10.2. The monoisotopic (exact) mass is 264 g/mol. The molecule has 102 valence electrons. The molecule has 6 heteroatoms. The van der Waals surface area contributed by atoms with Crippen LogP contribution in [0.25, 0.3) is 0 Å². The van der Waals surface area contributed by atoms with Crippen LogP contribution < -0.4 is 10.2 Å². The molecule has 6 nitrogen and oxygen atoms in total. The van der Waals surface area contributed by atoms with Crippen LogP contribution in [-0.2, 0) is 14.3 Å². The van der Waals surface area contributed by atoms with Crippen molar-refractivity contribution in [1.29, 1.82) is 0 Å². The number of hydrazone groups is 1. The predicted molar refractivity (Wildman–Crippen MR) is 70.0 cm³/mol. The van der Waals surface area contributed by atoms with E-state index in [1.165, 1.54) is 13.1 Å². The Bertz CT molecular complexity index is 454. The molecular weight excluding hydrogens is 248 g/mol. The zero-order chi connectivity index (χ0) is 14.1. The van der Waals surface area contributed by atoms with E-state index in [4.69, 9.17) is 9.47 Å². The molecular formula is C13H16N2O4. The number of hydrogen-bond acceptors (Lipinski definition) is 5. The summed E-state index contributed by atoms with van der Waals surface area (Å²) in [6, 6.07) is 6.92. The van der Waals surface area contributed by atoms with Crippen molar-refractivity contribution in [3.8, 4) is 5.75 Å². The Kier molecular flexibility index (Phi) is 6.08. The maximum absolute atomic E-state index is 11.1. The molecule has 19 heavy (non-hydrogen) atoms. The number of carbonyl (C=O) groups is 2. The van der Waals surface area contributed by atoms with Gasteiger partial charge >= 0.3 is 5.97 Å². The minimum atomic E-state index is -0.404. The van der Waals surface area contributed by atoms with E-state index in [9.17, 15) is 9.59 Å². The van der Waals surface area contributed by atoms with E-state index >= 15 is 0 Å². The maximum Gasteiger partial charge on any atom is 0.344 e. The molecule has 0 aromatic heterocycles. The standard InChI is InChI=1S/C13H16N2O4/c1-3-18-13(17)9-19-12-6-4-11(5-7-12)8-14-15-10(2)16/h4-8H,3,9H2,1-2H3,(H,15,16)/b14-8-. The second-order valence-electron chi connectivity index (χ2n) is 3.59. The quantitative estimate of drug-likeness (QED) is 0.474. The minimum Gasteiger partial charge on any atom is -0.482 e. The number of amides is 1. The number of carbonyl (C=O) groups excluding carboxylic acids is 2. The Morgan fingerprint density at radius 2 is 2.00 bits per heavy atom. The molecule has 1 aromatic carbocycles. The minimum absolute atomic E-state index is 0.118. The van der Waals surface area contributed by atoms with Crippen LogP contribution in [0.4, 0.5) is 0 Å². The number of rotatable bonds is 6. The van der Waals surface area contributed by atoms with Gasteiger partial charge in [0.25, 0.3) is 0 Å². The van der Waals surface area contributed by atoms with Gasteiger partial charge in [-0.1, -0.05) is 0 Å². The second-order valence-corrected chi connectivity index (χ2v) is 3.59. The average molecular weight is 264 g/mol. The van der Waals surface area contributed by atoms with Gasteiger partial charge in [-0.15, -0.1) is 0 Å². The second kappa shape index (κ2) is 7.86. The van der Waals surface area contributed by atoms with Crippen molar-refractivity contribution in [2.24, 2.45) is 5.10 Å². The summed E-state index contributed by atoms with van der Waals surface area (Å²) in [5, 5.41) is 3.73. The van der Waals surface area contributed by atoms with Crippen LogP contribution in [-0.4, -0.2) is 31.3 Å². The summed E-state index contributed by atoms with van der Waals surface area (Å²) in [7, 11) is 0. The van der Waals surface area contributed by atoms with Gasteiger partial charge in [0.15, 0.2) is 6.61 Å². The number of nitrogens with zero attached hydrogens (tertiary/aromatic N) is 1. The molecule has 1 N–H and O–H groups in total. The first-order valence-electron chi connectivity index (χ1n) is 5.80. The largest absolute Gasteiger partial charge is 0.482 e. The molecule has 0 unspecified atom stereocenters.